The standard InChI is InChI=1S/C27H29BrN4O3/c1-17-23-13-18(9-10-25(23)32-31-17)20-12-22(15-29-14-20)34-16-21(30-26(33)35-27(2,3)4)11-19-7-5-6-8-24(19)28/h5-10,12-15,21H,11,16H2,1-4H3,(H,30,33)(H,31,32)/t21-/m0/s1. The summed E-state index contributed by atoms with van der Waals surface area (Å²) in [4.78, 5) is 16.9. The maximum absolute atomic E-state index is 12.5. The molecule has 8 heteroatoms. The van der Waals surface area contributed by atoms with Crippen LogP contribution >= 0.6 is 15.9 Å². The number of alkyl carbamates (subject to hydrolysis) is 1. The molecule has 2 heterocycles. The Balaban J connectivity index is 1.50. The zero-order valence-electron chi connectivity index (χ0n) is 20.3. The van der Waals surface area contributed by atoms with Crippen molar-refractivity contribution >= 4 is 32.9 Å². The molecule has 0 saturated heterocycles. The van der Waals surface area contributed by atoms with E-state index in [-0.39, 0.29) is 12.6 Å². The van der Waals surface area contributed by atoms with Crippen LogP contribution in [-0.4, -0.2) is 39.5 Å². The molecule has 0 radical (unpaired) electrons. The Bertz CT molecular complexity index is 1330. The predicted octanol–water partition coefficient (Wildman–Crippen LogP) is 6.21. The number of aromatic amines is 1. The molecule has 0 saturated carbocycles. The summed E-state index contributed by atoms with van der Waals surface area (Å²) in [7, 11) is 0. The van der Waals surface area contributed by atoms with E-state index in [0.29, 0.717) is 12.2 Å². The maximum atomic E-state index is 12.5. The monoisotopic (exact) mass is 536 g/mol. The van der Waals surface area contributed by atoms with Gasteiger partial charge in [-0.15, -0.1) is 0 Å². The van der Waals surface area contributed by atoms with Crippen molar-refractivity contribution in [1.29, 1.82) is 0 Å². The molecule has 0 spiro atoms. The highest BCUT2D eigenvalue weighted by molar-refractivity contribution is 9.10. The Hall–Kier alpha value is -3.39. The van der Waals surface area contributed by atoms with Gasteiger partial charge in [-0.3, -0.25) is 10.1 Å². The quantitative estimate of drug-likeness (QED) is 0.293. The third-order valence-electron chi connectivity index (χ3n) is 5.39. The van der Waals surface area contributed by atoms with Crippen LogP contribution in [0.3, 0.4) is 0 Å². The number of carbonyl (C=O) groups is 1. The van der Waals surface area contributed by atoms with Crippen molar-refractivity contribution in [3.8, 4) is 16.9 Å². The summed E-state index contributed by atoms with van der Waals surface area (Å²) in [6, 6.07) is 15.7. The first kappa shape index (κ1) is 24.7. The van der Waals surface area contributed by atoms with E-state index < -0.39 is 11.7 Å². The minimum Gasteiger partial charge on any atom is -0.490 e. The lowest BCUT2D eigenvalue weighted by Gasteiger charge is -2.24. The van der Waals surface area contributed by atoms with Gasteiger partial charge in [0, 0.05) is 27.3 Å². The second kappa shape index (κ2) is 10.5. The minimum atomic E-state index is -0.588. The fourth-order valence-corrected chi connectivity index (χ4v) is 4.17. The van der Waals surface area contributed by atoms with Gasteiger partial charge in [0.15, 0.2) is 0 Å². The molecule has 0 aliphatic rings. The number of rotatable bonds is 7. The number of hydrogen-bond acceptors (Lipinski definition) is 5. The maximum Gasteiger partial charge on any atom is 0.408 e. The summed E-state index contributed by atoms with van der Waals surface area (Å²) < 4.78 is 12.5. The molecule has 4 aromatic rings. The Morgan fingerprint density at radius 2 is 1.91 bits per heavy atom. The first-order valence-corrected chi connectivity index (χ1v) is 12.2. The molecule has 2 aromatic heterocycles. The van der Waals surface area contributed by atoms with Crippen LogP contribution in [0.1, 0.15) is 32.0 Å². The molecule has 1 amide bonds. The highest BCUT2D eigenvalue weighted by Gasteiger charge is 2.21. The van der Waals surface area contributed by atoms with Crippen LogP contribution in [0.4, 0.5) is 4.79 Å². The first-order valence-electron chi connectivity index (χ1n) is 11.4. The van der Waals surface area contributed by atoms with Crippen LogP contribution in [0.15, 0.2) is 65.4 Å². The number of nitrogens with zero attached hydrogens (tertiary/aromatic N) is 2. The van der Waals surface area contributed by atoms with Crippen molar-refractivity contribution in [2.75, 3.05) is 6.61 Å². The molecule has 4 rings (SSSR count). The number of aromatic nitrogens is 3. The van der Waals surface area contributed by atoms with E-state index in [2.05, 4.69) is 42.5 Å². The fraction of sp³-hybridized carbons (Fsp3) is 0.296. The number of carbonyl (C=O) groups excluding carboxylic acids is 1. The van der Waals surface area contributed by atoms with Crippen LogP contribution in [0, 0.1) is 6.92 Å². The number of fused-ring (bicyclic) bond motifs is 1. The third kappa shape index (κ3) is 6.60. The van der Waals surface area contributed by atoms with E-state index in [9.17, 15) is 4.79 Å². The number of nitrogens with one attached hydrogen (secondary N) is 2. The fourth-order valence-electron chi connectivity index (χ4n) is 3.73. The minimum absolute atomic E-state index is 0.256. The molecular weight excluding hydrogens is 508 g/mol. The Kier molecular flexibility index (Phi) is 7.40. The zero-order valence-corrected chi connectivity index (χ0v) is 21.8. The van der Waals surface area contributed by atoms with E-state index in [1.54, 1.807) is 12.4 Å². The number of amides is 1. The Labute approximate surface area is 213 Å². The van der Waals surface area contributed by atoms with Crippen molar-refractivity contribution < 1.29 is 14.3 Å². The molecule has 2 aromatic carbocycles. The number of benzene rings is 2. The van der Waals surface area contributed by atoms with Crippen molar-refractivity contribution in [2.24, 2.45) is 0 Å². The summed E-state index contributed by atoms with van der Waals surface area (Å²) in [5.74, 6) is 0.620. The number of H-pyrrole nitrogens is 1. The summed E-state index contributed by atoms with van der Waals surface area (Å²) >= 11 is 3.59. The summed E-state index contributed by atoms with van der Waals surface area (Å²) in [6.07, 6.45) is 3.58. The molecule has 1 atom stereocenters. The SMILES string of the molecule is Cc1[nH]nc2ccc(-c3cncc(OC[C@H](Cc4ccccc4Br)NC(=O)OC(C)(C)C)c3)cc12. The topological polar surface area (TPSA) is 89.1 Å². The van der Waals surface area contributed by atoms with Gasteiger partial charge in [0.25, 0.3) is 0 Å². The molecule has 7 nitrogen and oxygen atoms in total. The molecule has 35 heavy (non-hydrogen) atoms. The molecular formula is C27H29BrN4O3. The first-order chi connectivity index (χ1) is 16.7. The zero-order chi connectivity index (χ0) is 25.0. The lowest BCUT2D eigenvalue weighted by atomic mass is 10.0. The van der Waals surface area contributed by atoms with Gasteiger partial charge in [-0.1, -0.05) is 40.2 Å². The molecule has 0 aliphatic heterocycles. The van der Waals surface area contributed by atoms with Gasteiger partial charge in [0.05, 0.1) is 17.8 Å². The van der Waals surface area contributed by atoms with Gasteiger partial charge >= 0.3 is 6.09 Å². The molecule has 0 unspecified atom stereocenters. The highest BCUT2D eigenvalue weighted by Crippen LogP contribution is 2.27. The van der Waals surface area contributed by atoms with E-state index in [1.807, 2.05) is 70.2 Å². The summed E-state index contributed by atoms with van der Waals surface area (Å²) in [6.45, 7) is 7.77. The van der Waals surface area contributed by atoms with Gasteiger partial charge in [0.1, 0.15) is 18.0 Å². The smallest absolute Gasteiger partial charge is 0.408 e. The highest BCUT2D eigenvalue weighted by atomic mass is 79.9. The number of pyridine rings is 1. The van der Waals surface area contributed by atoms with Crippen molar-refractivity contribution in [1.82, 2.24) is 20.5 Å². The number of ether oxygens (including phenoxy) is 2. The van der Waals surface area contributed by atoms with Crippen molar-refractivity contribution in [2.45, 2.75) is 45.8 Å². The molecule has 2 N–H and O–H groups in total. The lowest BCUT2D eigenvalue weighted by molar-refractivity contribution is 0.0487. The normalized spacial score (nSPS) is 12.4. The Morgan fingerprint density at radius 3 is 2.69 bits per heavy atom. The van der Waals surface area contributed by atoms with Gasteiger partial charge in [0.2, 0.25) is 0 Å². The van der Waals surface area contributed by atoms with Gasteiger partial charge in [-0.2, -0.15) is 5.10 Å². The van der Waals surface area contributed by atoms with Crippen LogP contribution in [0.5, 0.6) is 5.75 Å². The van der Waals surface area contributed by atoms with Crippen LogP contribution in [0.25, 0.3) is 22.0 Å². The van der Waals surface area contributed by atoms with Gasteiger partial charge in [-0.25, -0.2) is 4.79 Å². The van der Waals surface area contributed by atoms with E-state index >= 15 is 0 Å². The second-order valence-corrected chi connectivity index (χ2v) is 10.3. The van der Waals surface area contributed by atoms with E-state index in [0.717, 1.165) is 37.8 Å². The van der Waals surface area contributed by atoms with E-state index in [4.69, 9.17) is 9.47 Å². The Morgan fingerprint density at radius 1 is 1.11 bits per heavy atom. The summed E-state index contributed by atoms with van der Waals surface area (Å²) in [5.41, 5.74) is 4.38. The third-order valence-corrected chi connectivity index (χ3v) is 6.16. The molecule has 182 valence electrons. The lowest BCUT2D eigenvalue weighted by Crippen LogP contribution is -2.43. The predicted molar refractivity (Wildman–Crippen MR) is 141 cm³/mol. The van der Waals surface area contributed by atoms with Crippen LogP contribution in [0.2, 0.25) is 0 Å². The van der Waals surface area contributed by atoms with Crippen LogP contribution < -0.4 is 10.1 Å². The van der Waals surface area contributed by atoms with Crippen molar-refractivity contribution in [3.05, 3.63) is 76.7 Å². The molecule has 0 aliphatic carbocycles. The number of hydrogen-bond donors (Lipinski definition) is 2. The largest absolute Gasteiger partial charge is 0.490 e. The number of halogens is 1. The van der Waals surface area contributed by atoms with Crippen molar-refractivity contribution in [3.63, 3.8) is 0 Å². The van der Waals surface area contributed by atoms with Gasteiger partial charge in [-0.05, 0) is 69.5 Å². The summed E-state index contributed by atoms with van der Waals surface area (Å²) in [5, 5.41) is 11.3. The molecule has 0 bridgehead atoms. The van der Waals surface area contributed by atoms with Gasteiger partial charge < -0.3 is 14.8 Å². The molecule has 0 fully saturated rings. The number of aryl methyl sites for hydroxylation is 1. The van der Waals surface area contributed by atoms with Crippen LogP contribution in [-0.2, 0) is 11.2 Å². The second-order valence-electron chi connectivity index (χ2n) is 9.44. The average Bonchev–Trinajstić information content (AvgIpc) is 3.18. The van der Waals surface area contributed by atoms with E-state index in [1.165, 1.54) is 0 Å². The average molecular weight is 537 g/mol.